The number of primary amides is 1. The maximum absolute atomic E-state index is 15.1. The number of nitrogens with zero attached hydrogens (tertiary/aromatic N) is 7. The molecular weight excluding hydrogens is 570 g/mol. The van der Waals surface area contributed by atoms with Gasteiger partial charge < -0.3 is 19.9 Å². The van der Waals surface area contributed by atoms with E-state index in [4.69, 9.17) is 33.7 Å². The fourth-order valence-electron chi connectivity index (χ4n) is 4.03. The molecule has 2 heterocycles. The van der Waals surface area contributed by atoms with Crippen LogP contribution in [0, 0.1) is 5.82 Å². The number of hydrogen-bond donors (Lipinski definition) is 1. The lowest BCUT2D eigenvalue weighted by atomic mass is 10.2. The van der Waals surface area contributed by atoms with Gasteiger partial charge in [0, 0.05) is 35.5 Å². The predicted octanol–water partition coefficient (Wildman–Crippen LogP) is 6.23. The van der Waals surface area contributed by atoms with Crippen molar-refractivity contribution in [2.24, 2.45) is 10.8 Å². The van der Waals surface area contributed by atoms with Gasteiger partial charge in [-0.3, -0.25) is 4.98 Å². The Hall–Kier alpha value is -4.06. The molecule has 0 aliphatic rings. The monoisotopic (exact) mass is 598 g/mol. The van der Waals surface area contributed by atoms with Crippen LogP contribution in [0.3, 0.4) is 0 Å². The molecule has 4 rings (SSSR count). The molecule has 0 saturated carbocycles. The molecule has 0 aliphatic heterocycles. The van der Waals surface area contributed by atoms with E-state index >= 15 is 4.39 Å². The fourth-order valence-corrected chi connectivity index (χ4v) is 4.48. The fraction of sp³-hybridized carbons (Fsp3) is 0.250. The number of carbonyl (C=O) groups excluding carboxylic acids is 1. The minimum absolute atomic E-state index is 0.0688. The number of amides is 2. The van der Waals surface area contributed by atoms with Crippen LogP contribution in [-0.4, -0.2) is 56.5 Å². The van der Waals surface area contributed by atoms with E-state index in [2.05, 4.69) is 39.0 Å². The number of pyridine rings is 1. The molecule has 0 aliphatic carbocycles. The van der Waals surface area contributed by atoms with Gasteiger partial charge in [0.2, 0.25) is 0 Å². The molecule has 0 fully saturated rings. The third-order valence-corrected chi connectivity index (χ3v) is 6.78. The van der Waals surface area contributed by atoms with Crippen molar-refractivity contribution in [3.63, 3.8) is 0 Å². The Morgan fingerprint density at radius 2 is 1.95 bits per heavy atom. The van der Waals surface area contributed by atoms with Crippen LogP contribution < -0.4 is 15.5 Å². The highest BCUT2D eigenvalue weighted by Crippen LogP contribution is 2.30. The number of ether oxygens (including phenoxy) is 1. The second-order valence-corrected chi connectivity index (χ2v) is 9.73. The van der Waals surface area contributed by atoms with Crippen LogP contribution in [0.25, 0.3) is 11.5 Å². The van der Waals surface area contributed by atoms with Crippen LogP contribution in [-0.2, 0) is 6.54 Å². The average Bonchev–Trinajstić information content (AvgIpc) is 3.42. The largest absolute Gasteiger partial charge is 0.454 e. The Labute approximate surface area is 247 Å². The van der Waals surface area contributed by atoms with Gasteiger partial charge in [-0.25, -0.2) is 9.18 Å². The molecule has 2 amide bonds. The number of urea groups is 1. The smallest absolute Gasteiger partial charge is 0.340 e. The van der Waals surface area contributed by atoms with Crippen LogP contribution in [0.5, 0.6) is 11.5 Å². The normalized spacial score (nSPS) is 11.4. The van der Waals surface area contributed by atoms with Crippen molar-refractivity contribution in [2.75, 3.05) is 24.6 Å². The zero-order valence-electron chi connectivity index (χ0n) is 22.5. The minimum Gasteiger partial charge on any atom is -0.454 e. The third-order valence-electron chi connectivity index (χ3n) is 6.22. The Balaban J connectivity index is 1.48. The van der Waals surface area contributed by atoms with E-state index in [0.29, 0.717) is 32.9 Å². The second-order valence-electron chi connectivity index (χ2n) is 8.88. The highest BCUT2D eigenvalue weighted by molar-refractivity contribution is 6.36. The Kier molecular flexibility index (Phi) is 10.2. The van der Waals surface area contributed by atoms with Gasteiger partial charge in [0.05, 0.1) is 16.9 Å². The standard InChI is InChI=1S/C28H29Cl2FN8O2/c1-3-37(4-2)12-5-13-38-18-34-36-27(38)25-16-22(10-11-33-25)41-26-9-8-21(15-24(26)31)39(28(32)40)35-17-19-6-7-20(29)14-23(19)30/h6-11,14-18H,3-5,12-13H2,1-2H3,(H2,32,40)/b35-17+. The van der Waals surface area contributed by atoms with Gasteiger partial charge in [-0.15, -0.1) is 10.2 Å². The summed E-state index contributed by atoms with van der Waals surface area (Å²) in [6.07, 6.45) is 5.47. The number of hydrazone groups is 1. The summed E-state index contributed by atoms with van der Waals surface area (Å²) in [6, 6.07) is 11.1. The Bertz CT molecular complexity index is 1530. The summed E-state index contributed by atoms with van der Waals surface area (Å²) in [4.78, 5) is 18.8. The number of aromatic nitrogens is 4. The molecule has 2 N–H and O–H groups in total. The number of rotatable bonds is 12. The van der Waals surface area contributed by atoms with Gasteiger partial charge in [0.15, 0.2) is 17.4 Å². The van der Waals surface area contributed by atoms with E-state index in [1.807, 2.05) is 4.57 Å². The number of anilines is 1. The summed E-state index contributed by atoms with van der Waals surface area (Å²) < 4.78 is 22.8. The van der Waals surface area contributed by atoms with Crippen LogP contribution in [0.4, 0.5) is 14.9 Å². The number of benzene rings is 2. The van der Waals surface area contributed by atoms with Crippen molar-refractivity contribution in [3.05, 3.63) is 82.5 Å². The van der Waals surface area contributed by atoms with Crippen LogP contribution in [0.2, 0.25) is 10.0 Å². The predicted molar refractivity (Wildman–Crippen MR) is 158 cm³/mol. The van der Waals surface area contributed by atoms with Crippen molar-refractivity contribution in [2.45, 2.75) is 26.8 Å². The van der Waals surface area contributed by atoms with Gasteiger partial charge in [0.1, 0.15) is 17.8 Å². The molecule has 214 valence electrons. The molecule has 0 saturated heterocycles. The maximum Gasteiger partial charge on any atom is 0.340 e. The van der Waals surface area contributed by atoms with E-state index in [0.717, 1.165) is 43.7 Å². The summed E-state index contributed by atoms with van der Waals surface area (Å²) in [6.45, 7) is 7.96. The molecule has 0 bridgehead atoms. The number of nitrogens with two attached hydrogens (primary N) is 1. The molecule has 0 unspecified atom stereocenters. The van der Waals surface area contributed by atoms with Crippen molar-refractivity contribution >= 4 is 41.1 Å². The van der Waals surface area contributed by atoms with Gasteiger partial charge in [-0.1, -0.05) is 43.1 Å². The summed E-state index contributed by atoms with van der Waals surface area (Å²) in [7, 11) is 0. The zero-order chi connectivity index (χ0) is 29.4. The SMILES string of the molecule is CCN(CC)CCCn1cnnc1-c1cc(Oc2ccc(N(/N=C/c3ccc(Cl)cc3Cl)C(N)=O)cc2F)ccn1. The van der Waals surface area contributed by atoms with Gasteiger partial charge in [-0.2, -0.15) is 10.1 Å². The van der Waals surface area contributed by atoms with Gasteiger partial charge in [0.25, 0.3) is 0 Å². The second kappa shape index (κ2) is 14.0. The van der Waals surface area contributed by atoms with Gasteiger partial charge >= 0.3 is 6.03 Å². The molecule has 41 heavy (non-hydrogen) atoms. The number of hydrogen-bond acceptors (Lipinski definition) is 7. The molecule has 13 heteroatoms. The van der Waals surface area contributed by atoms with Gasteiger partial charge in [-0.05, 0) is 56.4 Å². The highest BCUT2D eigenvalue weighted by Gasteiger charge is 2.16. The van der Waals surface area contributed by atoms with Crippen LogP contribution in [0.1, 0.15) is 25.8 Å². The van der Waals surface area contributed by atoms with Crippen LogP contribution >= 0.6 is 23.2 Å². The maximum atomic E-state index is 15.1. The third kappa shape index (κ3) is 7.78. The molecule has 0 radical (unpaired) electrons. The summed E-state index contributed by atoms with van der Waals surface area (Å²) in [5.74, 6) is 0.134. The van der Waals surface area contributed by atoms with Crippen molar-refractivity contribution in [1.29, 1.82) is 0 Å². The first-order valence-corrected chi connectivity index (χ1v) is 13.7. The van der Waals surface area contributed by atoms with E-state index in [1.165, 1.54) is 24.4 Å². The topological polar surface area (TPSA) is 115 Å². The number of carbonyl (C=O) groups is 1. The van der Waals surface area contributed by atoms with E-state index in [-0.39, 0.29) is 11.4 Å². The average molecular weight is 599 g/mol. The van der Waals surface area contributed by atoms with Crippen molar-refractivity contribution < 1.29 is 13.9 Å². The first-order chi connectivity index (χ1) is 19.8. The zero-order valence-corrected chi connectivity index (χ0v) is 24.1. The molecule has 0 atom stereocenters. The number of aryl methyl sites for hydroxylation is 1. The summed E-state index contributed by atoms with van der Waals surface area (Å²) >= 11 is 12.1. The summed E-state index contributed by atoms with van der Waals surface area (Å²) in [5.41, 5.74) is 6.61. The summed E-state index contributed by atoms with van der Waals surface area (Å²) in [5, 5.41) is 13.9. The van der Waals surface area contributed by atoms with E-state index < -0.39 is 11.8 Å². The highest BCUT2D eigenvalue weighted by atomic mass is 35.5. The molecular formula is C28H29Cl2FN8O2. The minimum atomic E-state index is -0.917. The molecule has 2 aromatic heterocycles. The molecule has 2 aromatic carbocycles. The Morgan fingerprint density at radius 3 is 2.66 bits per heavy atom. The lowest BCUT2D eigenvalue weighted by Crippen LogP contribution is -2.31. The van der Waals surface area contributed by atoms with E-state index in [9.17, 15) is 4.79 Å². The Morgan fingerprint density at radius 1 is 1.15 bits per heavy atom. The molecule has 10 nitrogen and oxygen atoms in total. The quantitative estimate of drug-likeness (QED) is 0.153. The molecule has 0 spiro atoms. The van der Waals surface area contributed by atoms with Crippen LogP contribution in [0.15, 0.2) is 66.2 Å². The molecule has 4 aromatic rings. The lowest BCUT2D eigenvalue weighted by molar-refractivity contribution is 0.254. The first kappa shape index (κ1) is 29.9. The van der Waals surface area contributed by atoms with Crippen molar-refractivity contribution in [1.82, 2.24) is 24.6 Å². The van der Waals surface area contributed by atoms with E-state index in [1.54, 1.807) is 36.8 Å². The first-order valence-electron chi connectivity index (χ1n) is 12.9. The van der Waals surface area contributed by atoms with Crippen molar-refractivity contribution in [3.8, 4) is 23.0 Å². The lowest BCUT2D eigenvalue weighted by Gasteiger charge is -2.18. The number of halogens is 3.